The number of thiophene rings is 1. The Morgan fingerprint density at radius 2 is 1.85 bits per heavy atom. The Kier molecular flexibility index (Phi) is 4.20. The zero-order valence-corrected chi connectivity index (χ0v) is 12.5. The first-order chi connectivity index (χ1) is 9.75. The van der Waals surface area contributed by atoms with Crippen molar-refractivity contribution in [3.05, 3.63) is 46.7 Å². The molecule has 0 bridgehead atoms. The summed E-state index contributed by atoms with van der Waals surface area (Å²) in [5.41, 5.74) is 2.09. The van der Waals surface area contributed by atoms with Crippen LogP contribution in [0.1, 0.15) is 30.6 Å². The molecule has 2 aromatic rings. The molecule has 0 aliphatic heterocycles. The second-order valence-electron chi connectivity index (χ2n) is 5.70. The Hall–Kier alpha value is -1.16. The van der Waals surface area contributed by atoms with E-state index in [0.29, 0.717) is 6.54 Å². The molecule has 1 saturated carbocycles. The molecule has 1 aromatic heterocycles. The van der Waals surface area contributed by atoms with E-state index in [9.17, 15) is 5.11 Å². The molecule has 1 fully saturated rings. The molecule has 0 radical (unpaired) electrons. The molecule has 1 aliphatic carbocycles. The van der Waals surface area contributed by atoms with Gasteiger partial charge in [0.1, 0.15) is 0 Å². The van der Waals surface area contributed by atoms with Gasteiger partial charge in [-0.3, -0.25) is 0 Å². The van der Waals surface area contributed by atoms with E-state index in [4.69, 9.17) is 0 Å². The van der Waals surface area contributed by atoms with Gasteiger partial charge in [0.25, 0.3) is 0 Å². The number of aliphatic hydroxyl groups is 1. The maximum Gasteiger partial charge on any atom is 0.0771 e. The first kappa shape index (κ1) is 13.8. The van der Waals surface area contributed by atoms with Gasteiger partial charge in [-0.1, -0.05) is 43.2 Å². The van der Waals surface area contributed by atoms with Crippen LogP contribution in [0.25, 0.3) is 11.1 Å². The average Bonchev–Trinajstić information content (AvgIpc) is 3.10. The molecule has 1 aliphatic rings. The highest BCUT2D eigenvalue weighted by Crippen LogP contribution is 2.29. The summed E-state index contributed by atoms with van der Waals surface area (Å²) in [7, 11) is 0. The Labute approximate surface area is 124 Å². The highest BCUT2D eigenvalue weighted by Gasteiger charge is 2.30. The van der Waals surface area contributed by atoms with Crippen molar-refractivity contribution in [3.8, 4) is 11.1 Å². The van der Waals surface area contributed by atoms with E-state index in [1.54, 1.807) is 11.3 Å². The van der Waals surface area contributed by atoms with Crippen molar-refractivity contribution >= 4 is 11.3 Å². The van der Waals surface area contributed by atoms with E-state index < -0.39 is 5.60 Å². The van der Waals surface area contributed by atoms with E-state index in [0.717, 1.165) is 32.2 Å². The molecule has 0 atom stereocenters. The van der Waals surface area contributed by atoms with E-state index in [1.807, 2.05) is 6.07 Å². The SMILES string of the molecule is OC1(CNCc2cc(-c3ccccc3)cs2)CCCC1. The molecule has 1 aromatic carbocycles. The fraction of sp³-hybridized carbons (Fsp3) is 0.412. The predicted octanol–water partition coefficient (Wildman–Crippen LogP) is 3.81. The summed E-state index contributed by atoms with van der Waals surface area (Å²) < 4.78 is 0. The normalized spacial score (nSPS) is 17.4. The maximum absolute atomic E-state index is 10.3. The number of benzene rings is 1. The number of rotatable bonds is 5. The summed E-state index contributed by atoms with van der Waals surface area (Å²) in [6.45, 7) is 1.56. The molecule has 2 nitrogen and oxygen atoms in total. The van der Waals surface area contributed by atoms with Crippen molar-refractivity contribution in [2.45, 2.75) is 37.8 Å². The maximum atomic E-state index is 10.3. The smallest absolute Gasteiger partial charge is 0.0771 e. The van der Waals surface area contributed by atoms with Crippen LogP contribution < -0.4 is 5.32 Å². The number of hydrogen-bond donors (Lipinski definition) is 2. The van der Waals surface area contributed by atoms with Crippen LogP contribution in [-0.2, 0) is 6.54 Å². The van der Waals surface area contributed by atoms with Gasteiger partial charge >= 0.3 is 0 Å². The molecule has 3 heteroatoms. The molecule has 0 spiro atoms. The van der Waals surface area contributed by atoms with Gasteiger partial charge in [0.05, 0.1) is 5.60 Å². The Morgan fingerprint density at radius 1 is 1.10 bits per heavy atom. The lowest BCUT2D eigenvalue weighted by molar-refractivity contribution is 0.0475. The molecule has 20 heavy (non-hydrogen) atoms. The van der Waals surface area contributed by atoms with E-state index in [-0.39, 0.29) is 0 Å². The van der Waals surface area contributed by atoms with Crippen LogP contribution in [0.2, 0.25) is 0 Å². The monoisotopic (exact) mass is 287 g/mol. The fourth-order valence-corrected chi connectivity index (χ4v) is 3.75. The summed E-state index contributed by atoms with van der Waals surface area (Å²) in [5.74, 6) is 0. The van der Waals surface area contributed by atoms with Gasteiger partial charge in [0, 0.05) is 18.0 Å². The minimum atomic E-state index is -0.459. The molecule has 106 valence electrons. The van der Waals surface area contributed by atoms with Crippen LogP contribution in [0, 0.1) is 0 Å². The van der Waals surface area contributed by atoms with Crippen molar-refractivity contribution in [1.82, 2.24) is 5.32 Å². The third-order valence-electron chi connectivity index (χ3n) is 4.05. The highest BCUT2D eigenvalue weighted by atomic mass is 32.1. The summed E-state index contributed by atoms with van der Waals surface area (Å²) in [6, 6.07) is 12.7. The minimum absolute atomic E-state index is 0.459. The van der Waals surface area contributed by atoms with Crippen LogP contribution in [-0.4, -0.2) is 17.3 Å². The quantitative estimate of drug-likeness (QED) is 0.876. The van der Waals surface area contributed by atoms with Crippen LogP contribution in [0.4, 0.5) is 0 Å². The third kappa shape index (κ3) is 3.29. The van der Waals surface area contributed by atoms with Gasteiger partial charge in [-0.25, -0.2) is 0 Å². The fourth-order valence-electron chi connectivity index (χ4n) is 2.88. The highest BCUT2D eigenvalue weighted by molar-refractivity contribution is 7.10. The number of hydrogen-bond acceptors (Lipinski definition) is 3. The molecular formula is C17H21NOS. The van der Waals surface area contributed by atoms with Gasteiger partial charge in [0.2, 0.25) is 0 Å². The second-order valence-corrected chi connectivity index (χ2v) is 6.70. The van der Waals surface area contributed by atoms with Crippen molar-refractivity contribution in [2.75, 3.05) is 6.54 Å². The topological polar surface area (TPSA) is 32.3 Å². The van der Waals surface area contributed by atoms with Crippen molar-refractivity contribution < 1.29 is 5.11 Å². The molecule has 0 unspecified atom stereocenters. The Morgan fingerprint density at radius 3 is 2.60 bits per heavy atom. The first-order valence-corrected chi connectivity index (χ1v) is 8.19. The van der Waals surface area contributed by atoms with Gasteiger partial charge in [-0.2, -0.15) is 0 Å². The average molecular weight is 287 g/mol. The van der Waals surface area contributed by atoms with Crippen molar-refractivity contribution in [3.63, 3.8) is 0 Å². The summed E-state index contributed by atoms with van der Waals surface area (Å²) >= 11 is 1.78. The van der Waals surface area contributed by atoms with Crippen LogP contribution in [0.15, 0.2) is 41.8 Å². The number of nitrogens with one attached hydrogen (secondary N) is 1. The van der Waals surface area contributed by atoms with Gasteiger partial charge in [-0.05, 0) is 35.4 Å². The standard InChI is InChI=1S/C17H21NOS/c19-17(8-4-5-9-17)13-18-11-16-10-15(12-20-16)14-6-2-1-3-7-14/h1-3,6-7,10,12,18-19H,4-5,8-9,11,13H2. The van der Waals surface area contributed by atoms with Crippen molar-refractivity contribution in [2.24, 2.45) is 0 Å². The lowest BCUT2D eigenvalue weighted by Gasteiger charge is -2.22. The lowest BCUT2D eigenvalue weighted by Crippen LogP contribution is -2.37. The van der Waals surface area contributed by atoms with E-state index in [1.165, 1.54) is 16.0 Å². The molecule has 0 amide bonds. The zero-order chi connectivity index (χ0) is 13.8. The van der Waals surface area contributed by atoms with Gasteiger partial charge in [0.15, 0.2) is 0 Å². The third-order valence-corrected chi connectivity index (χ3v) is 4.99. The van der Waals surface area contributed by atoms with Crippen LogP contribution in [0.5, 0.6) is 0 Å². The summed E-state index contributed by atoms with van der Waals surface area (Å²) in [5, 5.41) is 15.9. The summed E-state index contributed by atoms with van der Waals surface area (Å²) in [6.07, 6.45) is 4.21. The molecule has 0 saturated heterocycles. The summed E-state index contributed by atoms with van der Waals surface area (Å²) in [4.78, 5) is 1.32. The molecule has 3 rings (SSSR count). The predicted molar refractivity (Wildman–Crippen MR) is 84.9 cm³/mol. The van der Waals surface area contributed by atoms with Crippen LogP contribution >= 0.6 is 11.3 Å². The van der Waals surface area contributed by atoms with Gasteiger partial charge in [-0.15, -0.1) is 11.3 Å². The largest absolute Gasteiger partial charge is 0.389 e. The van der Waals surface area contributed by atoms with Crippen LogP contribution in [0.3, 0.4) is 0 Å². The van der Waals surface area contributed by atoms with E-state index >= 15 is 0 Å². The molecule has 2 N–H and O–H groups in total. The Balaban J connectivity index is 1.55. The Bertz CT molecular complexity index is 543. The zero-order valence-electron chi connectivity index (χ0n) is 11.6. The first-order valence-electron chi connectivity index (χ1n) is 7.31. The molecular weight excluding hydrogens is 266 g/mol. The molecule has 1 heterocycles. The second kappa shape index (κ2) is 6.08. The van der Waals surface area contributed by atoms with Crippen molar-refractivity contribution in [1.29, 1.82) is 0 Å². The van der Waals surface area contributed by atoms with E-state index in [2.05, 4.69) is 41.0 Å². The van der Waals surface area contributed by atoms with Gasteiger partial charge < -0.3 is 10.4 Å². The minimum Gasteiger partial charge on any atom is -0.389 e. The lowest BCUT2D eigenvalue weighted by atomic mass is 10.0.